The third kappa shape index (κ3) is 5.75. The highest BCUT2D eigenvalue weighted by Gasteiger charge is 2.30. The molecule has 0 bridgehead atoms. The number of furan rings is 1. The number of ether oxygens (including phenoxy) is 2. The van der Waals surface area contributed by atoms with Gasteiger partial charge in [0.05, 0.1) is 18.8 Å². The highest BCUT2D eigenvalue weighted by atomic mass is 35.5. The summed E-state index contributed by atoms with van der Waals surface area (Å²) in [7, 11) is 1.59. The molecule has 1 aliphatic rings. The average Bonchev–Trinajstić information content (AvgIpc) is 3.24. The molecule has 2 aromatic carbocycles. The standard InChI is InChI=1S/C25H26ClN3O6/c1-14-20(26)10-16(11-21(14)34-8-7-33-2)28-25(32)27-12-15-3-4-17-19(13-35-22(17)9-15)18-5-6-23(30)29-24(18)31/h3-4,9-11,13,18H,5-8,12H2,1-2H3,(H2,27,28,32)(H,29,30,31). The van der Waals surface area contributed by atoms with Crippen LogP contribution in [0.5, 0.6) is 5.75 Å². The number of urea groups is 1. The minimum absolute atomic E-state index is 0.256. The number of nitrogens with one attached hydrogen (secondary N) is 3. The Kier molecular flexibility index (Phi) is 7.57. The molecular formula is C25H26ClN3O6. The summed E-state index contributed by atoms with van der Waals surface area (Å²) in [5.41, 5.74) is 3.45. The number of anilines is 1. The van der Waals surface area contributed by atoms with Crippen LogP contribution in [0.2, 0.25) is 5.02 Å². The van der Waals surface area contributed by atoms with Gasteiger partial charge < -0.3 is 24.5 Å². The van der Waals surface area contributed by atoms with Crippen molar-refractivity contribution in [2.45, 2.75) is 32.2 Å². The minimum Gasteiger partial charge on any atom is -0.491 e. The maximum Gasteiger partial charge on any atom is 0.319 e. The van der Waals surface area contributed by atoms with Crippen molar-refractivity contribution < 1.29 is 28.3 Å². The summed E-state index contributed by atoms with van der Waals surface area (Å²) in [6, 6.07) is 8.49. The topological polar surface area (TPSA) is 119 Å². The maximum atomic E-state index is 12.5. The van der Waals surface area contributed by atoms with E-state index < -0.39 is 11.9 Å². The monoisotopic (exact) mass is 499 g/mol. The molecule has 1 atom stereocenters. The fourth-order valence-electron chi connectivity index (χ4n) is 3.93. The molecule has 1 unspecified atom stereocenters. The Bertz CT molecular complexity index is 1270. The SMILES string of the molecule is COCCOc1cc(NC(=O)NCc2ccc3c(C4CCC(=O)NC4=O)coc3c2)cc(Cl)c1C. The first-order valence-electron chi connectivity index (χ1n) is 11.2. The molecule has 0 saturated carbocycles. The van der Waals surface area contributed by atoms with Gasteiger partial charge in [0.15, 0.2) is 0 Å². The first-order chi connectivity index (χ1) is 16.9. The Morgan fingerprint density at radius 1 is 1.23 bits per heavy atom. The predicted octanol–water partition coefficient (Wildman–Crippen LogP) is 4.26. The lowest BCUT2D eigenvalue weighted by molar-refractivity contribution is -0.134. The van der Waals surface area contributed by atoms with E-state index in [1.165, 1.54) is 0 Å². The molecule has 0 spiro atoms. The van der Waals surface area contributed by atoms with Crippen molar-refractivity contribution in [3.8, 4) is 5.75 Å². The summed E-state index contributed by atoms with van der Waals surface area (Å²) >= 11 is 6.28. The number of methoxy groups -OCH3 is 1. The average molecular weight is 500 g/mol. The lowest BCUT2D eigenvalue weighted by Gasteiger charge is -2.19. The Labute approximate surface area is 207 Å². The largest absolute Gasteiger partial charge is 0.491 e. The van der Waals surface area contributed by atoms with Crippen LogP contribution in [0.4, 0.5) is 10.5 Å². The van der Waals surface area contributed by atoms with Crippen molar-refractivity contribution in [2.24, 2.45) is 0 Å². The van der Waals surface area contributed by atoms with Gasteiger partial charge >= 0.3 is 6.03 Å². The Morgan fingerprint density at radius 3 is 2.83 bits per heavy atom. The molecule has 1 saturated heterocycles. The molecule has 4 rings (SSSR count). The normalized spacial score (nSPS) is 15.7. The summed E-state index contributed by atoms with van der Waals surface area (Å²) in [5.74, 6) is -0.420. The number of carbonyl (C=O) groups is 3. The van der Waals surface area contributed by atoms with Crippen LogP contribution in [0.25, 0.3) is 11.0 Å². The highest BCUT2D eigenvalue weighted by molar-refractivity contribution is 6.32. The van der Waals surface area contributed by atoms with Crippen LogP contribution in [0.15, 0.2) is 41.0 Å². The van der Waals surface area contributed by atoms with E-state index in [4.69, 9.17) is 25.5 Å². The molecule has 3 N–H and O–H groups in total. The summed E-state index contributed by atoms with van der Waals surface area (Å²) in [6.45, 7) is 2.89. The number of benzene rings is 2. The molecule has 1 fully saturated rings. The fraction of sp³-hybridized carbons (Fsp3) is 0.320. The number of carbonyl (C=O) groups excluding carboxylic acids is 3. The van der Waals surface area contributed by atoms with Crippen LogP contribution in [-0.4, -0.2) is 38.2 Å². The molecule has 1 aromatic heterocycles. The van der Waals surface area contributed by atoms with Crippen molar-refractivity contribution >= 4 is 46.1 Å². The third-order valence-electron chi connectivity index (χ3n) is 5.84. The van der Waals surface area contributed by atoms with Gasteiger partial charge in [-0.1, -0.05) is 23.7 Å². The molecule has 35 heavy (non-hydrogen) atoms. The molecule has 1 aliphatic heterocycles. The third-order valence-corrected chi connectivity index (χ3v) is 6.23. The van der Waals surface area contributed by atoms with Gasteiger partial charge in [0.1, 0.15) is 17.9 Å². The number of hydrogen-bond acceptors (Lipinski definition) is 6. The van der Waals surface area contributed by atoms with Gasteiger partial charge in [-0.15, -0.1) is 0 Å². The molecule has 3 aromatic rings. The lowest BCUT2D eigenvalue weighted by Crippen LogP contribution is -2.39. The molecule has 2 heterocycles. The Hall–Kier alpha value is -3.56. The van der Waals surface area contributed by atoms with Gasteiger partial charge in [0.2, 0.25) is 11.8 Å². The zero-order chi connectivity index (χ0) is 24.9. The molecule has 4 amide bonds. The second-order valence-corrected chi connectivity index (χ2v) is 8.66. The van der Waals surface area contributed by atoms with Crippen molar-refractivity contribution in [1.29, 1.82) is 0 Å². The number of imide groups is 1. The number of hydrogen-bond donors (Lipinski definition) is 3. The molecule has 10 heteroatoms. The van der Waals surface area contributed by atoms with Crippen LogP contribution in [0.1, 0.15) is 35.4 Å². The van der Waals surface area contributed by atoms with Gasteiger partial charge in [-0.05, 0) is 31.0 Å². The van der Waals surface area contributed by atoms with E-state index in [1.807, 2.05) is 25.1 Å². The van der Waals surface area contributed by atoms with Crippen LogP contribution in [0, 0.1) is 6.92 Å². The Morgan fingerprint density at radius 2 is 2.06 bits per heavy atom. The first kappa shape index (κ1) is 24.6. The quantitative estimate of drug-likeness (QED) is 0.315. The van der Waals surface area contributed by atoms with Gasteiger partial charge in [0.25, 0.3) is 0 Å². The summed E-state index contributed by atoms with van der Waals surface area (Å²) in [5, 5.41) is 9.22. The number of fused-ring (bicyclic) bond motifs is 1. The molecule has 9 nitrogen and oxygen atoms in total. The van der Waals surface area contributed by atoms with Gasteiger partial charge in [0, 0.05) is 53.4 Å². The van der Waals surface area contributed by atoms with E-state index in [0.717, 1.165) is 22.1 Å². The second-order valence-electron chi connectivity index (χ2n) is 8.26. The zero-order valence-electron chi connectivity index (χ0n) is 19.4. The predicted molar refractivity (Wildman–Crippen MR) is 131 cm³/mol. The summed E-state index contributed by atoms with van der Waals surface area (Å²) < 4.78 is 16.3. The number of amides is 4. The van der Waals surface area contributed by atoms with E-state index in [-0.39, 0.29) is 18.4 Å². The van der Waals surface area contributed by atoms with Crippen LogP contribution in [-0.2, 0) is 20.9 Å². The van der Waals surface area contributed by atoms with Crippen molar-refractivity contribution in [3.05, 3.63) is 58.3 Å². The second kappa shape index (κ2) is 10.8. The summed E-state index contributed by atoms with van der Waals surface area (Å²) in [6.07, 6.45) is 2.31. The van der Waals surface area contributed by atoms with Crippen LogP contribution >= 0.6 is 11.6 Å². The van der Waals surface area contributed by atoms with E-state index in [9.17, 15) is 14.4 Å². The van der Waals surface area contributed by atoms with Gasteiger partial charge in [-0.3, -0.25) is 14.9 Å². The van der Waals surface area contributed by atoms with Crippen molar-refractivity contribution in [2.75, 3.05) is 25.6 Å². The first-order valence-corrected chi connectivity index (χ1v) is 11.5. The smallest absolute Gasteiger partial charge is 0.319 e. The minimum atomic E-state index is -0.423. The van der Waals surface area contributed by atoms with Crippen LogP contribution < -0.4 is 20.7 Å². The lowest BCUT2D eigenvalue weighted by atomic mass is 9.90. The highest BCUT2D eigenvalue weighted by Crippen LogP contribution is 2.33. The van der Waals surface area contributed by atoms with E-state index >= 15 is 0 Å². The van der Waals surface area contributed by atoms with Gasteiger partial charge in [-0.2, -0.15) is 0 Å². The Balaban J connectivity index is 1.38. The molecule has 0 aliphatic carbocycles. The summed E-state index contributed by atoms with van der Waals surface area (Å²) in [4.78, 5) is 36.1. The number of halogens is 1. The molecule has 184 valence electrons. The number of rotatable bonds is 8. The van der Waals surface area contributed by atoms with E-state index in [2.05, 4.69) is 16.0 Å². The number of piperidine rings is 1. The zero-order valence-corrected chi connectivity index (χ0v) is 20.2. The maximum absolute atomic E-state index is 12.5. The van der Waals surface area contributed by atoms with E-state index in [0.29, 0.717) is 48.1 Å². The molecule has 0 radical (unpaired) electrons. The fourth-order valence-corrected chi connectivity index (χ4v) is 4.14. The van der Waals surface area contributed by atoms with Crippen LogP contribution in [0.3, 0.4) is 0 Å². The van der Waals surface area contributed by atoms with E-state index in [1.54, 1.807) is 25.5 Å². The van der Waals surface area contributed by atoms with Crippen molar-refractivity contribution in [1.82, 2.24) is 10.6 Å². The molecular weight excluding hydrogens is 474 g/mol. The van der Waals surface area contributed by atoms with Gasteiger partial charge in [-0.25, -0.2) is 4.79 Å². The van der Waals surface area contributed by atoms with Crippen molar-refractivity contribution in [3.63, 3.8) is 0 Å².